The molecule has 3 aromatic rings. The molecular weight excluding hydrogens is 586 g/mol. The minimum Gasteiger partial charge on any atom is -0.147 e. The second-order valence-electron chi connectivity index (χ2n) is 9.03. The molecule has 0 saturated heterocycles. The third kappa shape index (κ3) is 3.71. The molecular formula is C28H27Cl2Hf. The van der Waals surface area contributed by atoms with E-state index in [1.54, 1.807) is 36.7 Å². The van der Waals surface area contributed by atoms with Crippen molar-refractivity contribution in [1.29, 1.82) is 0 Å². The molecule has 0 heterocycles. The van der Waals surface area contributed by atoms with Gasteiger partial charge >= 0.3 is 189 Å². The molecule has 6 rings (SSSR count). The van der Waals surface area contributed by atoms with E-state index >= 15 is 0 Å². The number of hydrogen-bond donors (Lipinski definition) is 0. The van der Waals surface area contributed by atoms with Gasteiger partial charge < -0.3 is 0 Å². The van der Waals surface area contributed by atoms with Crippen LogP contribution in [0.25, 0.3) is 17.2 Å². The Morgan fingerprint density at radius 3 is 2.35 bits per heavy atom. The third-order valence-corrected chi connectivity index (χ3v) is 9.00. The topological polar surface area (TPSA) is 0 Å². The fraction of sp³-hybridized carbons (Fsp3) is 0.286. The summed E-state index contributed by atoms with van der Waals surface area (Å²) < 4.78 is 1.58. The minimum absolute atomic E-state index is 0. The Hall–Kier alpha value is -1.15. The Bertz CT molecular complexity index is 1180. The number of halogens is 2. The molecule has 0 radical (unpaired) electrons. The van der Waals surface area contributed by atoms with Crippen LogP contribution in [0.4, 0.5) is 0 Å². The Kier molecular flexibility index (Phi) is 6.69. The summed E-state index contributed by atoms with van der Waals surface area (Å²) in [6.45, 7) is 2.35. The van der Waals surface area contributed by atoms with Crippen LogP contribution in [0.15, 0.2) is 60.2 Å². The van der Waals surface area contributed by atoms with Crippen molar-refractivity contribution in [2.45, 2.75) is 50.9 Å². The number of benzene rings is 3. The third-order valence-electron chi connectivity index (χ3n) is 7.43. The van der Waals surface area contributed by atoms with E-state index in [-0.39, 0.29) is 24.8 Å². The van der Waals surface area contributed by atoms with Gasteiger partial charge in [0.05, 0.1) is 0 Å². The van der Waals surface area contributed by atoms with Crippen molar-refractivity contribution in [3.05, 3.63) is 93.6 Å². The van der Waals surface area contributed by atoms with Gasteiger partial charge in [-0.1, -0.05) is 0 Å². The molecule has 0 saturated carbocycles. The van der Waals surface area contributed by atoms with Gasteiger partial charge in [-0.3, -0.25) is 0 Å². The fourth-order valence-corrected chi connectivity index (χ4v) is 7.53. The van der Waals surface area contributed by atoms with E-state index in [4.69, 9.17) is 0 Å². The predicted molar refractivity (Wildman–Crippen MR) is 132 cm³/mol. The van der Waals surface area contributed by atoms with Gasteiger partial charge in [-0.05, 0) is 0 Å². The molecule has 0 nitrogen and oxygen atoms in total. The number of allylic oxidation sites excluding steroid dienone is 1. The molecule has 31 heavy (non-hydrogen) atoms. The minimum atomic E-state index is 0. The van der Waals surface area contributed by atoms with Crippen LogP contribution in [0.2, 0.25) is 0 Å². The average molecular weight is 613 g/mol. The van der Waals surface area contributed by atoms with Gasteiger partial charge in [0.1, 0.15) is 0 Å². The molecule has 3 aliphatic rings. The number of aryl methyl sites for hydroxylation is 2. The van der Waals surface area contributed by atoms with Crippen molar-refractivity contribution < 1.29 is 24.4 Å². The Balaban J connectivity index is 0.00000116. The van der Waals surface area contributed by atoms with Crippen molar-refractivity contribution in [2.75, 3.05) is 0 Å². The maximum absolute atomic E-state index is 2.56. The van der Waals surface area contributed by atoms with Crippen molar-refractivity contribution in [1.82, 2.24) is 0 Å². The molecule has 0 aromatic heterocycles. The predicted octanol–water partition coefficient (Wildman–Crippen LogP) is 7.28. The van der Waals surface area contributed by atoms with Crippen molar-refractivity contribution in [3.8, 4) is 11.1 Å². The summed E-state index contributed by atoms with van der Waals surface area (Å²) in [7, 11) is 0. The van der Waals surface area contributed by atoms with Crippen LogP contribution in [0, 0.1) is 0 Å². The molecule has 0 aliphatic heterocycles. The molecule has 157 valence electrons. The Labute approximate surface area is 212 Å². The molecule has 3 heteroatoms. The summed E-state index contributed by atoms with van der Waals surface area (Å²) >= 11 is 1.12. The quantitative estimate of drug-likeness (QED) is 0.273. The van der Waals surface area contributed by atoms with Gasteiger partial charge in [0.2, 0.25) is 0 Å². The molecule has 0 amide bonds. The first-order valence-corrected chi connectivity index (χ1v) is 12.8. The molecule has 0 N–H and O–H groups in total. The second kappa shape index (κ2) is 9.00. The zero-order chi connectivity index (χ0) is 19.5. The monoisotopic (exact) mass is 613 g/mol. The summed E-state index contributed by atoms with van der Waals surface area (Å²) in [6.07, 6.45) is 8.86. The smallest absolute Gasteiger partial charge is 0.147 e. The van der Waals surface area contributed by atoms with Crippen LogP contribution in [0.3, 0.4) is 0 Å². The first-order chi connectivity index (χ1) is 14.2. The summed E-state index contributed by atoms with van der Waals surface area (Å²) in [6, 6.07) is 21.1. The van der Waals surface area contributed by atoms with Gasteiger partial charge in [-0.15, -0.1) is 24.8 Å². The van der Waals surface area contributed by atoms with E-state index in [1.807, 2.05) is 0 Å². The van der Waals surface area contributed by atoms with Gasteiger partial charge in [0, 0.05) is 0 Å². The number of hydrogen-bond acceptors (Lipinski definition) is 0. The normalized spacial score (nSPS) is 19.4. The van der Waals surface area contributed by atoms with Crippen LogP contribution < -0.4 is 3.32 Å². The average Bonchev–Trinajstić information content (AvgIpc) is 3.39. The summed E-state index contributed by atoms with van der Waals surface area (Å²) in [5.41, 5.74) is 14.1. The molecule has 3 aromatic carbocycles. The van der Waals surface area contributed by atoms with Crippen LogP contribution in [-0.4, -0.2) is 0 Å². The first kappa shape index (κ1) is 23.0. The molecule has 0 fully saturated rings. The summed E-state index contributed by atoms with van der Waals surface area (Å²) in [5, 5.41) is 0. The van der Waals surface area contributed by atoms with Crippen molar-refractivity contribution in [3.63, 3.8) is 0 Å². The van der Waals surface area contributed by atoms with Crippen LogP contribution >= 0.6 is 24.8 Å². The first-order valence-electron chi connectivity index (χ1n) is 11.0. The van der Waals surface area contributed by atoms with E-state index in [0.29, 0.717) is 11.8 Å². The Morgan fingerprint density at radius 2 is 1.52 bits per heavy atom. The Morgan fingerprint density at radius 1 is 0.806 bits per heavy atom. The van der Waals surface area contributed by atoms with Gasteiger partial charge in [-0.25, -0.2) is 0 Å². The second-order valence-corrected chi connectivity index (χ2v) is 11.0. The molecule has 0 spiro atoms. The summed E-state index contributed by atoms with van der Waals surface area (Å²) in [5.74, 6) is 1.18. The van der Waals surface area contributed by atoms with Gasteiger partial charge in [0.15, 0.2) is 0 Å². The van der Waals surface area contributed by atoms with E-state index in [1.165, 1.54) is 48.8 Å². The molecule has 0 bridgehead atoms. The number of fused-ring (bicyclic) bond motifs is 5. The molecule has 3 aliphatic carbocycles. The molecule has 2 unspecified atom stereocenters. The van der Waals surface area contributed by atoms with E-state index < -0.39 is 0 Å². The van der Waals surface area contributed by atoms with Crippen LogP contribution in [0.1, 0.15) is 71.4 Å². The van der Waals surface area contributed by atoms with Gasteiger partial charge in [-0.2, -0.15) is 0 Å². The van der Waals surface area contributed by atoms with E-state index in [2.05, 4.69) is 67.6 Å². The largest absolute Gasteiger partial charge is 0.147 e. The maximum atomic E-state index is 2.56. The maximum Gasteiger partial charge on any atom is -0.147 e. The van der Waals surface area contributed by atoms with Gasteiger partial charge in [0.25, 0.3) is 0 Å². The van der Waals surface area contributed by atoms with E-state index in [0.717, 1.165) is 24.4 Å². The SMILES string of the molecule is CC1=Cc2cc3c(cc2C1CCC1c2ccccc2-c2ccc[c]([Hf])c21)CCC3.Cl.Cl. The zero-order valence-corrected chi connectivity index (χ0v) is 23.0. The van der Waals surface area contributed by atoms with Crippen LogP contribution in [0.5, 0.6) is 0 Å². The zero-order valence-electron chi connectivity index (χ0n) is 17.8. The van der Waals surface area contributed by atoms with Crippen LogP contribution in [-0.2, 0) is 37.2 Å². The number of rotatable bonds is 3. The fourth-order valence-electron chi connectivity index (χ4n) is 6.07. The van der Waals surface area contributed by atoms with Crippen molar-refractivity contribution in [2.24, 2.45) is 0 Å². The van der Waals surface area contributed by atoms with Crippen molar-refractivity contribution >= 4 is 34.2 Å². The summed E-state index contributed by atoms with van der Waals surface area (Å²) in [4.78, 5) is 0. The van der Waals surface area contributed by atoms with E-state index in [9.17, 15) is 0 Å². The molecule has 2 atom stereocenters. The standard InChI is InChI=1S/C28H25.2ClH.Hf/c1-18-15-21-16-19-7-6-8-20(19)17-28(21)22(18)13-14-27-25-11-4-2-9-23(25)24-10-3-5-12-26(24)27;;;/h2-5,9-11,15-17,22,27H,6-8,13-14H2,1H3;2*1H;.